The summed E-state index contributed by atoms with van der Waals surface area (Å²) in [5.74, 6) is 2.80. The van der Waals surface area contributed by atoms with Gasteiger partial charge in [0.1, 0.15) is 24.7 Å². The van der Waals surface area contributed by atoms with Crippen LogP contribution >= 0.6 is 15.9 Å². The molecule has 0 atom stereocenters. The third-order valence-electron chi connectivity index (χ3n) is 11.4. The molecule has 1 aliphatic carbocycles. The Bertz CT molecular complexity index is 2280. The lowest BCUT2D eigenvalue weighted by atomic mass is 9.84. The maximum atomic E-state index is 13.3. The molecule has 0 bridgehead atoms. The van der Waals surface area contributed by atoms with E-state index in [0.717, 1.165) is 113 Å². The molecule has 10 heteroatoms. The van der Waals surface area contributed by atoms with Crippen LogP contribution < -0.4 is 19.1 Å². The molecule has 0 radical (unpaired) electrons. The van der Waals surface area contributed by atoms with Gasteiger partial charge in [0.15, 0.2) is 0 Å². The van der Waals surface area contributed by atoms with Crippen LogP contribution in [0.3, 0.4) is 0 Å². The molecule has 0 unspecified atom stereocenters. The van der Waals surface area contributed by atoms with Crippen molar-refractivity contribution in [3.05, 3.63) is 130 Å². The third-order valence-corrected chi connectivity index (χ3v) is 12.3. The number of aryl methyl sites for hydroxylation is 1. The van der Waals surface area contributed by atoms with Gasteiger partial charge in [-0.3, -0.25) is 9.48 Å². The van der Waals surface area contributed by atoms with Gasteiger partial charge in [-0.15, -0.1) is 0 Å². The zero-order valence-electron chi connectivity index (χ0n) is 32.8. The van der Waals surface area contributed by atoms with Crippen molar-refractivity contribution in [1.29, 1.82) is 0 Å². The predicted molar refractivity (Wildman–Crippen MR) is 229 cm³/mol. The van der Waals surface area contributed by atoms with Gasteiger partial charge in [-0.05, 0) is 92.5 Å². The normalized spacial score (nSPS) is 17.1. The molecule has 2 aliphatic rings. The van der Waals surface area contributed by atoms with Crippen molar-refractivity contribution in [2.24, 2.45) is 13.0 Å². The minimum Gasteiger partial charge on any atom is -0.490 e. The van der Waals surface area contributed by atoms with Crippen LogP contribution in [0, 0.1) is 12.8 Å². The Kier molecular flexibility index (Phi) is 12.1. The van der Waals surface area contributed by atoms with Crippen molar-refractivity contribution in [1.82, 2.24) is 19.7 Å². The fraction of sp³-hybridized carbons (Fsp3) is 0.340. The highest BCUT2D eigenvalue weighted by molar-refractivity contribution is 9.10. The number of rotatable bonds is 13. The molecule has 0 spiro atoms. The molecule has 1 aliphatic heterocycles. The Labute approximate surface area is 343 Å². The maximum Gasteiger partial charge on any atom is 0.226 e. The van der Waals surface area contributed by atoms with Crippen LogP contribution in [-0.4, -0.2) is 57.9 Å². The second kappa shape index (κ2) is 17.8. The fourth-order valence-electron chi connectivity index (χ4n) is 8.03. The first-order valence-electron chi connectivity index (χ1n) is 20.1. The molecule has 2 aromatic heterocycles. The Morgan fingerprint density at radius 1 is 0.789 bits per heavy atom. The number of fused-ring (bicyclic) bond motifs is 1. The van der Waals surface area contributed by atoms with Crippen LogP contribution in [0.5, 0.6) is 17.5 Å². The summed E-state index contributed by atoms with van der Waals surface area (Å²) in [6.07, 6.45) is 6.15. The average Bonchev–Trinajstić information content (AvgIpc) is 3.59. The Morgan fingerprint density at radius 3 is 2.21 bits per heavy atom. The summed E-state index contributed by atoms with van der Waals surface area (Å²) < 4.78 is 21.8. The van der Waals surface area contributed by atoms with Gasteiger partial charge >= 0.3 is 0 Å². The number of ether oxygens (including phenoxy) is 3. The summed E-state index contributed by atoms with van der Waals surface area (Å²) in [5, 5.41) is 6.00. The van der Waals surface area contributed by atoms with Gasteiger partial charge in [0.05, 0.1) is 17.2 Å². The van der Waals surface area contributed by atoms with E-state index in [4.69, 9.17) is 24.3 Å². The number of hydrogen-bond donors (Lipinski definition) is 0. The molecule has 9 nitrogen and oxygen atoms in total. The van der Waals surface area contributed by atoms with Gasteiger partial charge in [0, 0.05) is 66.8 Å². The van der Waals surface area contributed by atoms with Gasteiger partial charge in [-0.1, -0.05) is 82.7 Å². The minimum atomic E-state index is 0.251. The molecular weight excluding hydrogens is 778 g/mol. The van der Waals surface area contributed by atoms with Crippen LogP contribution in [0.15, 0.2) is 114 Å². The first kappa shape index (κ1) is 38.5. The van der Waals surface area contributed by atoms with Gasteiger partial charge in [0.2, 0.25) is 17.7 Å². The Morgan fingerprint density at radius 2 is 1.49 bits per heavy atom. The van der Waals surface area contributed by atoms with E-state index >= 15 is 0 Å². The van der Waals surface area contributed by atoms with E-state index in [1.54, 1.807) is 0 Å². The molecule has 57 heavy (non-hydrogen) atoms. The van der Waals surface area contributed by atoms with Crippen molar-refractivity contribution in [2.45, 2.75) is 64.8 Å². The standard InChI is InChI=1S/C47H50BrN5O4/c1-33-41(48)14-9-15-43(33)57-38-20-16-34(17-21-38)18-25-45(54)53-28-26-52(27-29-53)37-19-22-39-42(30-37)51(2)50-46(39)40-23-24-44(55-31-35-10-5-3-6-11-35)49-47(40)56-32-36-12-7-4-8-13-36/h3-15,19,22-24,30,34,38H,16-18,20-21,25-29,31-32H2,1-2H3/t34-,38-. The van der Waals surface area contributed by atoms with Crippen molar-refractivity contribution in [3.8, 4) is 28.8 Å². The first-order valence-corrected chi connectivity index (χ1v) is 20.9. The Balaban J connectivity index is 0.880. The predicted octanol–water partition coefficient (Wildman–Crippen LogP) is 9.93. The molecule has 294 valence electrons. The summed E-state index contributed by atoms with van der Waals surface area (Å²) in [5.41, 5.74) is 7.03. The van der Waals surface area contributed by atoms with Crippen LogP contribution in [0.4, 0.5) is 5.69 Å². The monoisotopic (exact) mass is 827 g/mol. The maximum absolute atomic E-state index is 13.3. The number of piperazine rings is 1. The third kappa shape index (κ3) is 9.28. The molecule has 0 N–H and O–H groups in total. The smallest absolute Gasteiger partial charge is 0.226 e. The van der Waals surface area contributed by atoms with Crippen molar-refractivity contribution >= 4 is 38.4 Å². The number of benzene rings is 4. The molecular formula is C47H50BrN5O4. The highest BCUT2D eigenvalue weighted by Gasteiger charge is 2.27. The number of amides is 1. The van der Waals surface area contributed by atoms with Crippen LogP contribution in [-0.2, 0) is 25.1 Å². The molecule has 1 saturated heterocycles. The lowest BCUT2D eigenvalue weighted by molar-refractivity contribution is -0.131. The lowest BCUT2D eigenvalue weighted by Crippen LogP contribution is -2.48. The van der Waals surface area contributed by atoms with Gasteiger partial charge < -0.3 is 24.0 Å². The highest BCUT2D eigenvalue weighted by Crippen LogP contribution is 2.37. The average molecular weight is 829 g/mol. The molecule has 6 aromatic rings. The fourth-order valence-corrected chi connectivity index (χ4v) is 8.37. The van der Waals surface area contributed by atoms with E-state index in [9.17, 15) is 4.79 Å². The van der Waals surface area contributed by atoms with Crippen LogP contribution in [0.1, 0.15) is 55.2 Å². The molecule has 1 amide bonds. The zero-order valence-corrected chi connectivity index (χ0v) is 34.4. The number of hydrogen-bond acceptors (Lipinski definition) is 7. The second-order valence-electron chi connectivity index (χ2n) is 15.3. The van der Waals surface area contributed by atoms with E-state index < -0.39 is 0 Å². The lowest BCUT2D eigenvalue weighted by Gasteiger charge is -2.36. The molecule has 3 heterocycles. The molecule has 8 rings (SSSR count). The molecule has 2 fully saturated rings. The van der Waals surface area contributed by atoms with E-state index in [1.807, 2.05) is 90.6 Å². The molecule has 1 saturated carbocycles. The van der Waals surface area contributed by atoms with E-state index in [1.165, 1.54) is 0 Å². The van der Waals surface area contributed by atoms with Crippen LogP contribution in [0.2, 0.25) is 0 Å². The number of pyridine rings is 1. The van der Waals surface area contributed by atoms with E-state index in [2.05, 4.69) is 63.0 Å². The minimum absolute atomic E-state index is 0.251. The summed E-state index contributed by atoms with van der Waals surface area (Å²) >= 11 is 3.61. The number of anilines is 1. The number of halogens is 1. The van der Waals surface area contributed by atoms with E-state index in [-0.39, 0.29) is 12.0 Å². The van der Waals surface area contributed by atoms with Gasteiger partial charge in [-0.2, -0.15) is 10.1 Å². The van der Waals surface area contributed by atoms with Gasteiger partial charge in [-0.25, -0.2) is 0 Å². The number of carbonyl (C=O) groups excluding carboxylic acids is 1. The molecule has 4 aromatic carbocycles. The summed E-state index contributed by atoms with van der Waals surface area (Å²) in [6, 6.07) is 36.7. The number of carbonyl (C=O) groups is 1. The number of aromatic nitrogens is 3. The Hall–Kier alpha value is -5.35. The van der Waals surface area contributed by atoms with Gasteiger partial charge in [0.25, 0.3) is 0 Å². The highest BCUT2D eigenvalue weighted by atomic mass is 79.9. The summed E-state index contributed by atoms with van der Waals surface area (Å²) in [7, 11) is 1.98. The first-order chi connectivity index (χ1) is 27.9. The topological polar surface area (TPSA) is 82.0 Å². The van der Waals surface area contributed by atoms with Crippen molar-refractivity contribution in [2.75, 3.05) is 31.1 Å². The summed E-state index contributed by atoms with van der Waals surface area (Å²) in [4.78, 5) is 22.6. The van der Waals surface area contributed by atoms with Crippen molar-refractivity contribution in [3.63, 3.8) is 0 Å². The van der Waals surface area contributed by atoms with E-state index in [0.29, 0.717) is 37.3 Å². The van der Waals surface area contributed by atoms with Crippen LogP contribution in [0.25, 0.3) is 22.2 Å². The number of nitrogens with zero attached hydrogens (tertiary/aromatic N) is 5. The quantitative estimate of drug-likeness (QED) is 0.115. The SMILES string of the molecule is Cc1c(Br)cccc1O[C@H]1CC[C@H](CCC(=O)N2CCN(c3ccc4c(-c5ccc(OCc6ccccc6)nc5OCc5ccccc5)nn(C)c4c3)CC2)CC1. The summed E-state index contributed by atoms with van der Waals surface area (Å²) in [6.45, 7) is 5.93. The van der Waals surface area contributed by atoms with Crippen molar-refractivity contribution < 1.29 is 19.0 Å². The largest absolute Gasteiger partial charge is 0.490 e. The zero-order chi connectivity index (χ0) is 39.1. The second-order valence-corrected chi connectivity index (χ2v) is 16.1.